The van der Waals surface area contributed by atoms with Gasteiger partial charge in [-0.3, -0.25) is 4.90 Å². The number of nitrogens with two attached hydrogens (primary N) is 1. The van der Waals surface area contributed by atoms with E-state index in [-0.39, 0.29) is 0 Å². The summed E-state index contributed by atoms with van der Waals surface area (Å²) in [5.74, 6) is 0.671. The Morgan fingerprint density at radius 2 is 2.00 bits per heavy atom. The van der Waals surface area contributed by atoms with Gasteiger partial charge in [0.25, 0.3) is 0 Å². The first kappa shape index (κ1) is 10.3. The second kappa shape index (κ2) is 3.69. The van der Waals surface area contributed by atoms with E-state index < -0.39 is 0 Å². The highest BCUT2D eigenvalue weighted by molar-refractivity contribution is 7.15. The first-order chi connectivity index (χ1) is 8.33. The van der Waals surface area contributed by atoms with E-state index in [1.165, 1.54) is 55.6 Å². The molecule has 0 aromatic carbocycles. The van der Waals surface area contributed by atoms with Crippen LogP contribution in [0.2, 0.25) is 0 Å². The molecule has 1 aromatic rings. The second-order valence-electron chi connectivity index (χ2n) is 5.73. The van der Waals surface area contributed by atoms with Crippen LogP contribution in [-0.4, -0.2) is 22.5 Å². The van der Waals surface area contributed by atoms with E-state index in [2.05, 4.69) is 9.88 Å². The highest BCUT2D eigenvalue weighted by Gasteiger charge is 2.43. The van der Waals surface area contributed by atoms with Crippen molar-refractivity contribution in [2.45, 2.75) is 56.5 Å². The number of nitrogens with zero attached hydrogens (tertiary/aromatic N) is 2. The van der Waals surface area contributed by atoms with Gasteiger partial charge in [-0.2, -0.15) is 0 Å². The molecule has 5 rings (SSSR count). The Labute approximate surface area is 106 Å². The molecule has 4 heteroatoms. The van der Waals surface area contributed by atoms with Crippen molar-refractivity contribution in [1.82, 2.24) is 9.88 Å². The van der Waals surface area contributed by atoms with Crippen molar-refractivity contribution in [2.24, 2.45) is 0 Å². The van der Waals surface area contributed by atoms with Crippen LogP contribution in [0.15, 0.2) is 0 Å². The van der Waals surface area contributed by atoms with Crippen molar-refractivity contribution in [1.29, 1.82) is 0 Å². The van der Waals surface area contributed by atoms with Gasteiger partial charge in [0.15, 0.2) is 5.13 Å². The smallest absolute Gasteiger partial charge is 0.180 e. The van der Waals surface area contributed by atoms with E-state index in [1.807, 2.05) is 0 Å². The molecular formula is C13H19N3S. The molecular weight excluding hydrogens is 230 g/mol. The van der Waals surface area contributed by atoms with Crippen LogP contribution in [0.3, 0.4) is 0 Å². The summed E-state index contributed by atoms with van der Waals surface area (Å²) in [6, 6.07) is 1.49. The normalized spacial score (nSPS) is 33.2. The van der Waals surface area contributed by atoms with Gasteiger partial charge in [-0.05, 0) is 25.7 Å². The monoisotopic (exact) mass is 249 g/mol. The van der Waals surface area contributed by atoms with E-state index in [4.69, 9.17) is 5.73 Å². The minimum atomic E-state index is 0.646. The number of piperidine rings is 1. The number of hydrogen-bond acceptors (Lipinski definition) is 4. The van der Waals surface area contributed by atoms with Gasteiger partial charge in [-0.25, -0.2) is 4.98 Å². The van der Waals surface area contributed by atoms with Gasteiger partial charge < -0.3 is 5.73 Å². The van der Waals surface area contributed by atoms with Crippen molar-refractivity contribution in [3.8, 4) is 0 Å². The standard InChI is InChI=1S/C13H19N3S/c14-13-15-11-8-5-6-10(12(11)17-13)16(7-8)9-3-1-2-4-9/h8-10H,1-7H2,(H2,14,15). The van der Waals surface area contributed by atoms with Gasteiger partial charge in [0.2, 0.25) is 0 Å². The van der Waals surface area contributed by atoms with E-state index in [0.29, 0.717) is 12.0 Å². The second-order valence-corrected chi connectivity index (χ2v) is 6.79. The summed E-state index contributed by atoms with van der Waals surface area (Å²) in [6.45, 7) is 1.24. The SMILES string of the molecule is Nc1nc2c(s1)C1CCC2CN1C1CCCC1. The molecule has 0 spiro atoms. The highest BCUT2D eigenvalue weighted by Crippen LogP contribution is 2.51. The van der Waals surface area contributed by atoms with Crippen LogP contribution in [0.1, 0.15) is 61.1 Å². The van der Waals surface area contributed by atoms with Crippen LogP contribution in [0.4, 0.5) is 5.13 Å². The molecule has 3 nitrogen and oxygen atoms in total. The van der Waals surface area contributed by atoms with Crippen LogP contribution in [0, 0.1) is 0 Å². The lowest BCUT2D eigenvalue weighted by Gasteiger charge is -2.47. The minimum Gasteiger partial charge on any atom is -0.375 e. The quantitative estimate of drug-likeness (QED) is 0.832. The summed E-state index contributed by atoms with van der Waals surface area (Å²) in [4.78, 5) is 8.84. The van der Waals surface area contributed by atoms with E-state index in [1.54, 1.807) is 11.3 Å². The molecule has 3 heterocycles. The number of rotatable bonds is 1. The summed E-state index contributed by atoms with van der Waals surface area (Å²) in [6.07, 6.45) is 8.33. The van der Waals surface area contributed by atoms with Gasteiger partial charge >= 0.3 is 0 Å². The summed E-state index contributed by atoms with van der Waals surface area (Å²) < 4.78 is 0. The van der Waals surface area contributed by atoms with Crippen molar-refractivity contribution >= 4 is 16.5 Å². The molecule has 0 radical (unpaired) electrons. The fourth-order valence-corrected chi connectivity index (χ4v) is 5.11. The Hall–Kier alpha value is -0.610. The highest BCUT2D eigenvalue weighted by atomic mass is 32.1. The molecule has 2 fully saturated rings. The molecule has 2 aliphatic heterocycles. The third-order valence-electron chi connectivity index (χ3n) is 4.80. The summed E-state index contributed by atoms with van der Waals surface area (Å²) in [5.41, 5.74) is 7.24. The van der Waals surface area contributed by atoms with Crippen molar-refractivity contribution < 1.29 is 0 Å². The molecule has 1 saturated heterocycles. The largest absolute Gasteiger partial charge is 0.375 e. The molecule has 92 valence electrons. The third kappa shape index (κ3) is 1.47. The number of nitrogen functional groups attached to an aromatic ring is 1. The Morgan fingerprint density at radius 1 is 1.18 bits per heavy atom. The molecule has 1 saturated carbocycles. The fourth-order valence-electron chi connectivity index (χ4n) is 4.04. The van der Waals surface area contributed by atoms with Gasteiger partial charge in [-0.1, -0.05) is 12.8 Å². The predicted octanol–water partition coefficient (Wildman–Crippen LogP) is 2.90. The number of fused-ring (bicyclic) bond motifs is 2. The Kier molecular flexibility index (Phi) is 2.24. The Balaban J connectivity index is 1.70. The zero-order valence-electron chi connectivity index (χ0n) is 10.1. The molecule has 4 aliphatic rings. The Bertz CT molecular complexity index is 436. The van der Waals surface area contributed by atoms with Gasteiger partial charge in [0.05, 0.1) is 5.69 Å². The maximum absolute atomic E-state index is 5.90. The first-order valence-electron chi connectivity index (χ1n) is 6.85. The molecule has 2 aliphatic carbocycles. The van der Waals surface area contributed by atoms with Crippen molar-refractivity contribution in [2.75, 3.05) is 12.3 Å². The minimum absolute atomic E-state index is 0.646. The Morgan fingerprint density at radius 3 is 2.82 bits per heavy atom. The van der Waals surface area contributed by atoms with E-state index in [0.717, 1.165) is 11.2 Å². The third-order valence-corrected chi connectivity index (χ3v) is 5.80. The molecule has 2 atom stereocenters. The van der Waals surface area contributed by atoms with Gasteiger partial charge in [-0.15, -0.1) is 11.3 Å². The number of anilines is 1. The summed E-state index contributed by atoms with van der Waals surface area (Å²) >= 11 is 1.74. The average Bonchev–Trinajstić information content (AvgIpc) is 2.96. The number of aromatic nitrogens is 1. The fraction of sp³-hybridized carbons (Fsp3) is 0.769. The van der Waals surface area contributed by atoms with Crippen LogP contribution in [-0.2, 0) is 0 Å². The van der Waals surface area contributed by atoms with E-state index >= 15 is 0 Å². The average molecular weight is 249 g/mol. The zero-order chi connectivity index (χ0) is 11.4. The number of hydrogen-bond donors (Lipinski definition) is 1. The lowest BCUT2D eigenvalue weighted by Crippen LogP contribution is -2.46. The zero-order valence-corrected chi connectivity index (χ0v) is 10.9. The summed E-state index contributed by atoms with van der Waals surface area (Å²) in [7, 11) is 0. The maximum atomic E-state index is 5.90. The van der Waals surface area contributed by atoms with Crippen LogP contribution in [0.25, 0.3) is 0 Å². The topological polar surface area (TPSA) is 42.1 Å². The molecule has 17 heavy (non-hydrogen) atoms. The maximum Gasteiger partial charge on any atom is 0.180 e. The van der Waals surface area contributed by atoms with Gasteiger partial charge in [0, 0.05) is 29.4 Å². The van der Waals surface area contributed by atoms with Crippen LogP contribution < -0.4 is 5.73 Å². The molecule has 2 bridgehead atoms. The molecule has 0 amide bonds. The van der Waals surface area contributed by atoms with Crippen molar-refractivity contribution in [3.05, 3.63) is 10.6 Å². The molecule has 1 aromatic heterocycles. The van der Waals surface area contributed by atoms with Crippen LogP contribution in [0.5, 0.6) is 0 Å². The lowest BCUT2D eigenvalue weighted by molar-refractivity contribution is 0.0691. The first-order valence-corrected chi connectivity index (χ1v) is 7.66. The van der Waals surface area contributed by atoms with E-state index in [9.17, 15) is 0 Å². The number of thiazole rings is 1. The molecule has 2 N–H and O–H groups in total. The van der Waals surface area contributed by atoms with Gasteiger partial charge in [0.1, 0.15) is 0 Å². The lowest BCUT2D eigenvalue weighted by atomic mass is 9.81. The predicted molar refractivity (Wildman–Crippen MR) is 70.2 cm³/mol. The summed E-state index contributed by atoms with van der Waals surface area (Å²) in [5, 5.41) is 0.778. The van der Waals surface area contributed by atoms with Crippen molar-refractivity contribution in [3.63, 3.8) is 0 Å². The molecule has 2 unspecified atom stereocenters. The van der Waals surface area contributed by atoms with Crippen LogP contribution >= 0.6 is 11.3 Å².